The first-order valence-electron chi connectivity index (χ1n) is 7.56. The van der Waals surface area contributed by atoms with Crippen LogP contribution in [0.15, 0.2) is 46.7 Å². The van der Waals surface area contributed by atoms with Crippen molar-refractivity contribution in [1.29, 1.82) is 0 Å². The summed E-state index contributed by atoms with van der Waals surface area (Å²) in [4.78, 5) is 25.5. The molecule has 0 aliphatic carbocycles. The number of piperazine rings is 1. The average Bonchev–Trinajstić information content (AvgIpc) is 3.16. The number of hydrogen-bond acceptors (Lipinski definition) is 5. The number of carboxylic acids is 1. The van der Waals surface area contributed by atoms with Gasteiger partial charge in [0.15, 0.2) is 0 Å². The number of rotatable bonds is 4. The van der Waals surface area contributed by atoms with Crippen molar-refractivity contribution in [2.75, 3.05) is 26.2 Å². The van der Waals surface area contributed by atoms with Crippen LogP contribution >= 0.6 is 11.3 Å². The maximum atomic E-state index is 12.7. The third kappa shape index (κ3) is 3.58. The normalized spacial score (nSPS) is 15.9. The molecule has 0 unspecified atom stereocenters. The second kappa shape index (κ2) is 6.95. The Morgan fingerprint density at radius 1 is 1.00 bits per heavy atom. The number of thiophene rings is 1. The fourth-order valence-corrected chi connectivity index (χ4v) is 4.72. The summed E-state index contributed by atoms with van der Waals surface area (Å²) in [6, 6.07) is 8.68. The van der Waals surface area contributed by atoms with Crippen molar-refractivity contribution < 1.29 is 23.1 Å². The molecule has 1 aliphatic rings. The second-order valence-electron chi connectivity index (χ2n) is 5.50. The highest BCUT2D eigenvalue weighted by Gasteiger charge is 2.30. The third-order valence-electron chi connectivity index (χ3n) is 4.00. The van der Waals surface area contributed by atoms with Crippen molar-refractivity contribution in [3.63, 3.8) is 0 Å². The zero-order valence-electron chi connectivity index (χ0n) is 13.2. The number of nitrogens with zero attached hydrogens (tertiary/aromatic N) is 2. The van der Waals surface area contributed by atoms with Crippen LogP contribution in [0.4, 0.5) is 0 Å². The van der Waals surface area contributed by atoms with Gasteiger partial charge in [-0.1, -0.05) is 6.07 Å². The van der Waals surface area contributed by atoms with E-state index in [1.807, 2.05) is 5.38 Å². The first-order valence-corrected chi connectivity index (χ1v) is 9.88. The summed E-state index contributed by atoms with van der Waals surface area (Å²) >= 11 is 1.36. The van der Waals surface area contributed by atoms with E-state index in [9.17, 15) is 18.0 Å². The highest BCUT2D eigenvalue weighted by molar-refractivity contribution is 7.89. The molecule has 0 spiro atoms. The Labute approximate surface area is 149 Å². The maximum absolute atomic E-state index is 12.7. The summed E-state index contributed by atoms with van der Waals surface area (Å²) in [5, 5.41) is 10.7. The first kappa shape index (κ1) is 17.6. The van der Waals surface area contributed by atoms with Gasteiger partial charge in [-0.15, -0.1) is 11.3 Å². The van der Waals surface area contributed by atoms with Gasteiger partial charge in [0.05, 0.1) is 15.3 Å². The van der Waals surface area contributed by atoms with E-state index in [2.05, 4.69) is 0 Å². The lowest BCUT2D eigenvalue weighted by Gasteiger charge is -2.33. The Bertz CT molecular complexity index is 868. The van der Waals surface area contributed by atoms with Crippen LogP contribution < -0.4 is 0 Å². The smallest absolute Gasteiger partial charge is 0.335 e. The average molecular weight is 380 g/mol. The summed E-state index contributed by atoms with van der Waals surface area (Å²) in [6.07, 6.45) is 0. The molecule has 1 fully saturated rings. The van der Waals surface area contributed by atoms with Crippen molar-refractivity contribution in [1.82, 2.24) is 9.21 Å². The fraction of sp³-hybridized carbons (Fsp3) is 0.250. The van der Waals surface area contributed by atoms with E-state index in [0.717, 1.165) is 0 Å². The van der Waals surface area contributed by atoms with Crippen LogP contribution in [0.3, 0.4) is 0 Å². The number of benzene rings is 1. The minimum absolute atomic E-state index is 0.0327. The van der Waals surface area contributed by atoms with E-state index < -0.39 is 16.0 Å². The predicted octanol–water partition coefficient (Wildman–Crippen LogP) is 1.59. The lowest BCUT2D eigenvalue weighted by molar-refractivity contribution is 0.0691. The van der Waals surface area contributed by atoms with E-state index in [1.165, 1.54) is 39.9 Å². The molecule has 1 aliphatic heterocycles. The first-order chi connectivity index (χ1) is 11.9. The van der Waals surface area contributed by atoms with Crippen molar-refractivity contribution >= 4 is 33.2 Å². The van der Waals surface area contributed by atoms with Crippen molar-refractivity contribution in [3.05, 3.63) is 52.2 Å². The highest BCUT2D eigenvalue weighted by Crippen LogP contribution is 2.20. The molecule has 2 heterocycles. The standard InChI is InChI=1S/C16H16N2O5S2/c19-15(14-2-1-11-24-14)17-7-9-18(10-8-17)25(22,23)13-5-3-12(4-6-13)16(20)21/h1-6,11H,7-10H2,(H,20,21). The lowest BCUT2D eigenvalue weighted by Crippen LogP contribution is -2.50. The largest absolute Gasteiger partial charge is 0.478 e. The summed E-state index contributed by atoms with van der Waals surface area (Å²) < 4.78 is 26.6. The van der Waals surface area contributed by atoms with Crippen LogP contribution in [0, 0.1) is 0 Å². The molecule has 1 amide bonds. The molecule has 0 saturated carbocycles. The number of amides is 1. The molecular formula is C16H16N2O5S2. The molecule has 132 valence electrons. The molecule has 3 rings (SSSR count). The molecule has 9 heteroatoms. The summed E-state index contributed by atoms with van der Waals surface area (Å²) in [5.41, 5.74) is 0.0327. The molecule has 0 atom stereocenters. The number of carboxylic acid groups (broad SMARTS) is 1. The third-order valence-corrected chi connectivity index (χ3v) is 6.77. The number of hydrogen-bond donors (Lipinski definition) is 1. The van der Waals surface area contributed by atoms with Crippen molar-refractivity contribution in [2.24, 2.45) is 0 Å². The minimum Gasteiger partial charge on any atom is -0.478 e. The van der Waals surface area contributed by atoms with Gasteiger partial charge in [0.25, 0.3) is 5.91 Å². The second-order valence-corrected chi connectivity index (χ2v) is 8.39. The molecule has 25 heavy (non-hydrogen) atoms. The zero-order valence-corrected chi connectivity index (χ0v) is 14.8. The SMILES string of the molecule is O=C(O)c1ccc(S(=O)(=O)N2CCN(C(=O)c3cccs3)CC2)cc1. The van der Waals surface area contributed by atoms with E-state index in [4.69, 9.17) is 5.11 Å². The van der Waals surface area contributed by atoms with Crippen molar-refractivity contribution in [2.45, 2.75) is 4.90 Å². The molecule has 0 bridgehead atoms. The van der Waals surface area contributed by atoms with Gasteiger partial charge in [-0.25, -0.2) is 13.2 Å². The molecular weight excluding hydrogens is 364 g/mol. The number of aromatic carboxylic acids is 1. The highest BCUT2D eigenvalue weighted by atomic mass is 32.2. The predicted molar refractivity (Wildman–Crippen MR) is 92.4 cm³/mol. The Morgan fingerprint density at radius 3 is 2.16 bits per heavy atom. The molecule has 1 saturated heterocycles. The maximum Gasteiger partial charge on any atom is 0.335 e. The van der Waals surface area contributed by atoms with Crippen LogP contribution in [0.1, 0.15) is 20.0 Å². The molecule has 0 radical (unpaired) electrons. The minimum atomic E-state index is -3.70. The zero-order chi connectivity index (χ0) is 18.0. The number of sulfonamides is 1. The molecule has 1 N–H and O–H groups in total. The fourth-order valence-electron chi connectivity index (χ4n) is 2.61. The van der Waals surface area contributed by atoms with E-state index >= 15 is 0 Å². The Hall–Kier alpha value is -2.23. The van der Waals surface area contributed by atoms with Gasteiger partial charge >= 0.3 is 5.97 Å². The monoisotopic (exact) mass is 380 g/mol. The molecule has 1 aromatic carbocycles. The van der Waals surface area contributed by atoms with Gasteiger partial charge in [-0.05, 0) is 35.7 Å². The molecule has 7 nitrogen and oxygen atoms in total. The van der Waals surface area contributed by atoms with Gasteiger partial charge in [0.1, 0.15) is 0 Å². The lowest BCUT2D eigenvalue weighted by atomic mass is 10.2. The van der Waals surface area contributed by atoms with Crippen LogP contribution in [-0.4, -0.2) is 60.8 Å². The van der Waals surface area contributed by atoms with Gasteiger partial charge < -0.3 is 10.0 Å². The van der Waals surface area contributed by atoms with E-state index in [1.54, 1.807) is 17.0 Å². The topological polar surface area (TPSA) is 95.0 Å². The van der Waals surface area contributed by atoms with E-state index in [-0.39, 0.29) is 29.5 Å². The summed E-state index contributed by atoms with van der Waals surface area (Å²) in [6.45, 7) is 1.06. The van der Waals surface area contributed by atoms with Crippen LogP contribution in [0.2, 0.25) is 0 Å². The summed E-state index contributed by atoms with van der Waals surface area (Å²) in [7, 11) is -3.70. The molecule has 1 aromatic heterocycles. The van der Waals surface area contributed by atoms with Gasteiger partial charge in [-0.2, -0.15) is 4.31 Å². The number of carbonyl (C=O) groups excluding carboxylic acids is 1. The van der Waals surface area contributed by atoms with Crippen LogP contribution in [0.5, 0.6) is 0 Å². The van der Waals surface area contributed by atoms with Crippen molar-refractivity contribution in [3.8, 4) is 0 Å². The Morgan fingerprint density at radius 2 is 1.64 bits per heavy atom. The van der Waals surface area contributed by atoms with Crippen LogP contribution in [0.25, 0.3) is 0 Å². The Balaban J connectivity index is 1.69. The molecule has 2 aromatic rings. The van der Waals surface area contributed by atoms with Gasteiger partial charge in [0, 0.05) is 26.2 Å². The number of carbonyl (C=O) groups is 2. The van der Waals surface area contributed by atoms with E-state index in [0.29, 0.717) is 18.0 Å². The van der Waals surface area contributed by atoms with Gasteiger partial charge in [-0.3, -0.25) is 4.79 Å². The Kier molecular flexibility index (Phi) is 4.89. The van der Waals surface area contributed by atoms with Crippen LogP contribution in [-0.2, 0) is 10.0 Å². The quantitative estimate of drug-likeness (QED) is 0.869. The van der Waals surface area contributed by atoms with Gasteiger partial charge in [0.2, 0.25) is 10.0 Å². The summed E-state index contributed by atoms with van der Waals surface area (Å²) in [5.74, 6) is -1.19.